The smallest absolute Gasteiger partial charge is 0.231 e. The Labute approximate surface area is 204 Å². The Morgan fingerprint density at radius 3 is 2.43 bits per heavy atom. The van der Waals surface area contributed by atoms with Crippen LogP contribution >= 0.6 is 0 Å². The van der Waals surface area contributed by atoms with Crippen LogP contribution < -0.4 is 29.0 Å². The first-order valence-electron chi connectivity index (χ1n) is 11.8. The zero-order chi connectivity index (χ0) is 24.5. The highest BCUT2D eigenvalue weighted by Gasteiger charge is 2.49. The monoisotopic (exact) mass is 482 g/mol. The fraction of sp³-hybridized carbons (Fsp3) is 0.462. The molecule has 9 heteroatoms. The van der Waals surface area contributed by atoms with Crippen LogP contribution in [0.1, 0.15) is 42.4 Å². The summed E-state index contributed by atoms with van der Waals surface area (Å²) in [5, 5.41) is 7.48. The van der Waals surface area contributed by atoms with Crippen molar-refractivity contribution in [3.8, 4) is 28.7 Å². The number of carbonyl (C=O) groups is 1. The van der Waals surface area contributed by atoms with Crippen LogP contribution in [0, 0.1) is 11.8 Å². The molecule has 2 heterocycles. The van der Waals surface area contributed by atoms with Crippen molar-refractivity contribution in [1.29, 1.82) is 0 Å². The van der Waals surface area contributed by atoms with Gasteiger partial charge >= 0.3 is 0 Å². The van der Waals surface area contributed by atoms with Gasteiger partial charge in [-0.3, -0.25) is 4.79 Å². The quantitative estimate of drug-likeness (QED) is 0.576. The van der Waals surface area contributed by atoms with Crippen molar-refractivity contribution in [2.45, 2.75) is 25.7 Å². The van der Waals surface area contributed by atoms with Crippen LogP contribution in [-0.4, -0.2) is 52.9 Å². The van der Waals surface area contributed by atoms with E-state index in [1.807, 2.05) is 24.3 Å². The summed E-state index contributed by atoms with van der Waals surface area (Å²) in [5.74, 6) is 1.81. The van der Waals surface area contributed by atoms with Crippen molar-refractivity contribution in [1.82, 2.24) is 5.32 Å². The molecule has 5 rings (SSSR count). The number of hydrogen-bond donors (Lipinski definition) is 1. The van der Waals surface area contributed by atoms with Crippen LogP contribution in [0.5, 0.6) is 28.7 Å². The molecule has 1 aliphatic carbocycles. The largest absolute Gasteiger partial charge is 0.493 e. The van der Waals surface area contributed by atoms with E-state index in [2.05, 4.69) is 17.4 Å². The third-order valence-electron chi connectivity index (χ3n) is 6.90. The molecule has 9 nitrogen and oxygen atoms in total. The second-order valence-electron chi connectivity index (χ2n) is 8.78. The van der Waals surface area contributed by atoms with Crippen molar-refractivity contribution in [2.24, 2.45) is 17.0 Å². The zero-order valence-corrected chi connectivity index (χ0v) is 20.4. The Bertz CT molecular complexity index is 1140. The molecule has 0 unspecified atom stereocenters. The average molecular weight is 483 g/mol. The van der Waals surface area contributed by atoms with Gasteiger partial charge in [0.25, 0.3) is 0 Å². The number of ether oxygens (including phenoxy) is 5. The Kier molecular flexibility index (Phi) is 6.32. The first-order chi connectivity index (χ1) is 17.1. The summed E-state index contributed by atoms with van der Waals surface area (Å²) in [5.41, 5.74) is 3.44. The van der Waals surface area contributed by atoms with E-state index in [4.69, 9.17) is 28.5 Å². The van der Waals surface area contributed by atoms with Crippen LogP contribution in [0.4, 0.5) is 0 Å². The number of unbranched alkanes of at least 4 members (excludes halogenated alkanes) is 1. The summed E-state index contributed by atoms with van der Waals surface area (Å²) < 4.78 is 28.1. The summed E-state index contributed by atoms with van der Waals surface area (Å²) in [6, 6.07) is 7.71. The van der Waals surface area contributed by atoms with Crippen LogP contribution in [0.2, 0.25) is 0 Å². The first-order valence-corrected chi connectivity index (χ1v) is 11.8. The lowest BCUT2D eigenvalue weighted by Gasteiger charge is -2.37. The van der Waals surface area contributed by atoms with Gasteiger partial charge in [-0.1, -0.05) is 18.5 Å². The number of nitrogens with zero attached hydrogens (tertiary/aromatic N) is 1. The molecule has 186 valence electrons. The third kappa shape index (κ3) is 3.88. The number of nitrogens with one attached hydrogen (secondary N) is 1. The van der Waals surface area contributed by atoms with Gasteiger partial charge in [0, 0.05) is 18.0 Å². The molecule has 0 aromatic heterocycles. The van der Waals surface area contributed by atoms with E-state index >= 15 is 0 Å². The highest BCUT2D eigenvalue weighted by atomic mass is 16.7. The lowest BCUT2D eigenvalue weighted by atomic mass is 9.65. The van der Waals surface area contributed by atoms with Gasteiger partial charge in [0.1, 0.15) is 6.61 Å². The molecule has 0 saturated carbocycles. The van der Waals surface area contributed by atoms with Crippen LogP contribution in [0.25, 0.3) is 0 Å². The summed E-state index contributed by atoms with van der Waals surface area (Å²) in [4.78, 5) is 19.3. The van der Waals surface area contributed by atoms with Gasteiger partial charge in [-0.25, -0.2) is 0 Å². The number of amides is 1. The average Bonchev–Trinajstić information content (AvgIpc) is 3.55. The molecular formula is C26H30N2O7. The SMILES string of the molecule is CCCCNC(=O)[C@@H]1[C@H](c2cc(OC)c(OC)c(OC)c2)c2cc3c(cc2C2=NOC[C@H]21)OCO3. The summed E-state index contributed by atoms with van der Waals surface area (Å²) in [7, 11) is 4.73. The van der Waals surface area contributed by atoms with Gasteiger partial charge in [0.15, 0.2) is 23.0 Å². The topological polar surface area (TPSA) is 96.8 Å². The van der Waals surface area contributed by atoms with E-state index in [0.717, 1.165) is 35.2 Å². The molecule has 0 saturated heterocycles. The normalized spacial score (nSPS) is 21.4. The molecule has 3 aliphatic rings. The van der Waals surface area contributed by atoms with Gasteiger partial charge < -0.3 is 33.8 Å². The van der Waals surface area contributed by atoms with Gasteiger partial charge in [0.05, 0.1) is 38.9 Å². The molecule has 1 amide bonds. The number of carbonyl (C=O) groups excluding carboxylic acids is 1. The fourth-order valence-electron chi connectivity index (χ4n) is 5.23. The fourth-order valence-corrected chi connectivity index (χ4v) is 5.23. The van der Waals surface area contributed by atoms with Gasteiger partial charge in [0.2, 0.25) is 18.4 Å². The Hall–Kier alpha value is -3.62. The van der Waals surface area contributed by atoms with E-state index in [1.54, 1.807) is 21.3 Å². The second-order valence-corrected chi connectivity index (χ2v) is 8.78. The molecule has 2 aliphatic heterocycles. The highest BCUT2D eigenvalue weighted by Crippen LogP contribution is 2.51. The highest BCUT2D eigenvalue weighted by molar-refractivity contribution is 6.08. The summed E-state index contributed by atoms with van der Waals surface area (Å²) in [6.07, 6.45) is 1.90. The second kappa shape index (κ2) is 9.56. The number of methoxy groups -OCH3 is 3. The Balaban J connectivity index is 1.70. The van der Waals surface area contributed by atoms with E-state index < -0.39 is 5.92 Å². The van der Waals surface area contributed by atoms with Crippen molar-refractivity contribution in [2.75, 3.05) is 41.3 Å². The molecule has 0 spiro atoms. The molecular weight excluding hydrogens is 452 g/mol. The molecule has 35 heavy (non-hydrogen) atoms. The molecule has 2 aromatic rings. The minimum absolute atomic E-state index is 0.0382. The lowest BCUT2D eigenvalue weighted by molar-refractivity contribution is -0.126. The van der Waals surface area contributed by atoms with Crippen molar-refractivity contribution < 1.29 is 33.3 Å². The maximum Gasteiger partial charge on any atom is 0.231 e. The van der Waals surface area contributed by atoms with Crippen LogP contribution in [-0.2, 0) is 9.63 Å². The molecule has 1 N–H and O–H groups in total. The molecule has 0 fully saturated rings. The summed E-state index contributed by atoms with van der Waals surface area (Å²) in [6.45, 7) is 3.19. The van der Waals surface area contributed by atoms with Crippen molar-refractivity contribution in [3.05, 3.63) is 41.0 Å². The van der Waals surface area contributed by atoms with Crippen LogP contribution in [0.3, 0.4) is 0 Å². The molecule has 3 atom stereocenters. The predicted octanol–water partition coefficient (Wildman–Crippen LogP) is 3.47. The van der Waals surface area contributed by atoms with Crippen molar-refractivity contribution >= 4 is 11.6 Å². The predicted molar refractivity (Wildman–Crippen MR) is 128 cm³/mol. The summed E-state index contributed by atoms with van der Waals surface area (Å²) >= 11 is 0. The maximum atomic E-state index is 13.7. The molecule has 0 bridgehead atoms. The number of benzene rings is 2. The van der Waals surface area contributed by atoms with E-state index in [-0.39, 0.29) is 24.5 Å². The maximum absolute atomic E-state index is 13.7. The molecule has 2 aromatic carbocycles. The Morgan fingerprint density at radius 2 is 1.77 bits per heavy atom. The van der Waals surface area contributed by atoms with Crippen molar-refractivity contribution in [3.63, 3.8) is 0 Å². The number of rotatable bonds is 8. The van der Waals surface area contributed by atoms with Crippen LogP contribution in [0.15, 0.2) is 29.4 Å². The minimum Gasteiger partial charge on any atom is -0.493 e. The molecule has 0 radical (unpaired) electrons. The van der Waals surface area contributed by atoms with Gasteiger partial charge in [-0.05, 0) is 41.8 Å². The number of oxime groups is 1. The number of fused-ring (bicyclic) bond motifs is 4. The zero-order valence-electron chi connectivity index (χ0n) is 20.4. The third-order valence-corrected chi connectivity index (χ3v) is 6.90. The van der Waals surface area contributed by atoms with Gasteiger partial charge in [-0.15, -0.1) is 0 Å². The van der Waals surface area contributed by atoms with Gasteiger partial charge in [-0.2, -0.15) is 0 Å². The Morgan fingerprint density at radius 1 is 1.06 bits per heavy atom. The van der Waals surface area contributed by atoms with E-state index in [1.165, 1.54) is 0 Å². The standard InChI is InChI=1S/C26H30N2O7/c1-5-6-7-27-26(29)23-17-12-35-28-24(17)16-11-19-18(33-13-34-19)10-15(16)22(23)14-8-20(30-2)25(32-4)21(9-14)31-3/h8-11,17,22-23H,5-7,12-13H2,1-4H3,(H,27,29)/t17-,22+,23-/m0/s1. The lowest BCUT2D eigenvalue weighted by Crippen LogP contribution is -2.45. The van der Waals surface area contributed by atoms with E-state index in [9.17, 15) is 4.79 Å². The minimum atomic E-state index is -0.455. The number of hydrogen-bond acceptors (Lipinski definition) is 8. The van der Waals surface area contributed by atoms with E-state index in [0.29, 0.717) is 41.9 Å². The first kappa shape index (κ1) is 23.1.